The molecule has 27 heavy (non-hydrogen) atoms. The van der Waals surface area contributed by atoms with Crippen molar-refractivity contribution in [1.29, 1.82) is 0 Å². The SMILES string of the molecule is CCOC(=O)CCCCCCNC(=NC)N1CCC(C)C(n2ccnc2)C1. The molecule has 7 nitrogen and oxygen atoms in total. The summed E-state index contributed by atoms with van der Waals surface area (Å²) in [4.78, 5) is 22.3. The van der Waals surface area contributed by atoms with E-state index in [4.69, 9.17) is 4.74 Å². The van der Waals surface area contributed by atoms with E-state index in [0.717, 1.165) is 57.7 Å². The number of aliphatic imine (C=N–C) groups is 1. The molecule has 1 aromatic rings. The van der Waals surface area contributed by atoms with Crippen molar-refractivity contribution in [2.24, 2.45) is 10.9 Å². The summed E-state index contributed by atoms with van der Waals surface area (Å²) < 4.78 is 7.16. The molecule has 0 aromatic carbocycles. The number of piperidine rings is 1. The van der Waals surface area contributed by atoms with Crippen LogP contribution >= 0.6 is 0 Å². The molecule has 0 bridgehead atoms. The van der Waals surface area contributed by atoms with Crippen molar-refractivity contribution in [1.82, 2.24) is 19.8 Å². The van der Waals surface area contributed by atoms with Gasteiger partial charge in [0.1, 0.15) is 0 Å². The molecule has 1 N–H and O–H groups in total. The highest BCUT2D eigenvalue weighted by Crippen LogP contribution is 2.27. The van der Waals surface area contributed by atoms with E-state index < -0.39 is 0 Å². The number of hydrogen-bond donors (Lipinski definition) is 1. The second-order valence-electron chi connectivity index (χ2n) is 7.23. The van der Waals surface area contributed by atoms with Crippen LogP contribution in [0.25, 0.3) is 0 Å². The molecule has 2 unspecified atom stereocenters. The molecule has 1 aromatic heterocycles. The average Bonchev–Trinajstić information content (AvgIpc) is 3.19. The van der Waals surface area contributed by atoms with Crippen molar-refractivity contribution in [3.05, 3.63) is 18.7 Å². The van der Waals surface area contributed by atoms with Gasteiger partial charge in [-0.3, -0.25) is 9.79 Å². The highest BCUT2D eigenvalue weighted by Gasteiger charge is 2.28. The molecule has 0 amide bonds. The van der Waals surface area contributed by atoms with Gasteiger partial charge >= 0.3 is 5.97 Å². The number of ether oxygens (including phenoxy) is 1. The number of carbonyl (C=O) groups excluding carboxylic acids is 1. The topological polar surface area (TPSA) is 71.8 Å². The van der Waals surface area contributed by atoms with Gasteiger partial charge in [0.2, 0.25) is 0 Å². The van der Waals surface area contributed by atoms with Gasteiger partial charge in [0, 0.05) is 45.5 Å². The molecule has 2 heterocycles. The number of likely N-dealkylation sites (tertiary alicyclic amines) is 1. The smallest absolute Gasteiger partial charge is 0.305 e. The third-order valence-corrected chi connectivity index (χ3v) is 5.23. The Morgan fingerprint density at radius 1 is 1.33 bits per heavy atom. The minimum absolute atomic E-state index is 0.0807. The van der Waals surface area contributed by atoms with Gasteiger partial charge < -0.3 is 19.5 Å². The molecular weight excluding hydrogens is 342 g/mol. The van der Waals surface area contributed by atoms with Crippen LogP contribution in [0.4, 0.5) is 0 Å². The van der Waals surface area contributed by atoms with Gasteiger partial charge in [0.15, 0.2) is 5.96 Å². The van der Waals surface area contributed by atoms with Gasteiger partial charge in [-0.05, 0) is 32.1 Å². The van der Waals surface area contributed by atoms with Crippen molar-refractivity contribution in [3.8, 4) is 0 Å². The van der Waals surface area contributed by atoms with Crippen molar-refractivity contribution < 1.29 is 9.53 Å². The zero-order chi connectivity index (χ0) is 19.5. The maximum absolute atomic E-state index is 11.3. The Morgan fingerprint density at radius 3 is 2.85 bits per heavy atom. The maximum atomic E-state index is 11.3. The lowest BCUT2D eigenvalue weighted by atomic mass is 9.93. The summed E-state index contributed by atoms with van der Waals surface area (Å²) in [5.74, 6) is 1.54. The summed E-state index contributed by atoms with van der Waals surface area (Å²) in [7, 11) is 1.85. The summed E-state index contributed by atoms with van der Waals surface area (Å²) in [6.45, 7) is 7.53. The zero-order valence-electron chi connectivity index (χ0n) is 17.1. The van der Waals surface area contributed by atoms with E-state index in [1.165, 1.54) is 0 Å². The number of nitrogens with zero attached hydrogens (tertiary/aromatic N) is 4. The first-order chi connectivity index (χ1) is 13.2. The van der Waals surface area contributed by atoms with Crippen molar-refractivity contribution in [2.75, 3.05) is 33.3 Å². The molecule has 1 aliphatic heterocycles. The van der Waals surface area contributed by atoms with Crippen molar-refractivity contribution in [3.63, 3.8) is 0 Å². The first-order valence-electron chi connectivity index (χ1n) is 10.2. The van der Waals surface area contributed by atoms with Gasteiger partial charge in [0.25, 0.3) is 0 Å². The molecule has 0 radical (unpaired) electrons. The molecule has 0 aliphatic carbocycles. The van der Waals surface area contributed by atoms with E-state index in [9.17, 15) is 4.79 Å². The van der Waals surface area contributed by atoms with E-state index in [-0.39, 0.29) is 5.97 Å². The number of guanidine groups is 1. The second-order valence-corrected chi connectivity index (χ2v) is 7.23. The minimum atomic E-state index is -0.0807. The highest BCUT2D eigenvalue weighted by atomic mass is 16.5. The number of aromatic nitrogens is 2. The zero-order valence-corrected chi connectivity index (χ0v) is 17.1. The number of esters is 1. The van der Waals surface area contributed by atoms with Crippen LogP contribution in [0, 0.1) is 5.92 Å². The fraction of sp³-hybridized carbons (Fsp3) is 0.750. The van der Waals surface area contributed by atoms with Gasteiger partial charge in [-0.2, -0.15) is 0 Å². The Morgan fingerprint density at radius 2 is 2.15 bits per heavy atom. The summed E-state index contributed by atoms with van der Waals surface area (Å²) in [5.41, 5.74) is 0. The number of imidazole rings is 1. The van der Waals surface area contributed by atoms with Gasteiger partial charge in [-0.25, -0.2) is 4.98 Å². The first-order valence-corrected chi connectivity index (χ1v) is 10.2. The number of rotatable bonds is 9. The van der Waals surface area contributed by atoms with Crippen LogP contribution in [0.5, 0.6) is 0 Å². The second kappa shape index (κ2) is 11.6. The Balaban J connectivity index is 1.67. The monoisotopic (exact) mass is 377 g/mol. The van der Waals surface area contributed by atoms with Crippen LogP contribution in [-0.2, 0) is 9.53 Å². The van der Waals surface area contributed by atoms with Crippen molar-refractivity contribution in [2.45, 2.75) is 58.4 Å². The molecule has 1 fully saturated rings. The summed E-state index contributed by atoms with van der Waals surface area (Å²) >= 11 is 0. The van der Waals surface area contributed by atoms with Crippen LogP contribution in [0.2, 0.25) is 0 Å². The molecule has 7 heteroatoms. The summed E-state index contributed by atoms with van der Waals surface area (Å²) in [5, 5.41) is 3.50. The average molecular weight is 378 g/mol. The lowest BCUT2D eigenvalue weighted by Gasteiger charge is -2.39. The number of nitrogens with one attached hydrogen (secondary N) is 1. The van der Waals surface area contributed by atoms with Crippen LogP contribution in [0.15, 0.2) is 23.7 Å². The van der Waals surface area contributed by atoms with Crippen LogP contribution < -0.4 is 5.32 Å². The fourth-order valence-corrected chi connectivity index (χ4v) is 3.61. The normalized spacial score (nSPS) is 20.6. The van der Waals surface area contributed by atoms with Gasteiger partial charge in [-0.1, -0.05) is 19.8 Å². The van der Waals surface area contributed by atoms with Crippen LogP contribution in [0.3, 0.4) is 0 Å². The molecule has 0 spiro atoms. The van der Waals surface area contributed by atoms with Gasteiger partial charge in [0.05, 0.1) is 19.0 Å². The number of carbonyl (C=O) groups is 1. The number of unbranched alkanes of at least 4 members (excludes halogenated alkanes) is 3. The van der Waals surface area contributed by atoms with E-state index in [1.807, 2.05) is 26.5 Å². The van der Waals surface area contributed by atoms with E-state index >= 15 is 0 Å². The Hall–Kier alpha value is -2.05. The van der Waals surface area contributed by atoms with Crippen LogP contribution in [0.1, 0.15) is 58.4 Å². The molecule has 2 atom stereocenters. The lowest BCUT2D eigenvalue weighted by Crippen LogP contribution is -2.49. The Kier molecular flexibility index (Phi) is 9.15. The first kappa shape index (κ1) is 21.3. The Labute approximate surface area is 163 Å². The Bertz CT molecular complexity index is 573. The van der Waals surface area contributed by atoms with Crippen LogP contribution in [-0.4, -0.2) is 59.7 Å². The molecular formula is C20H35N5O2. The maximum Gasteiger partial charge on any atom is 0.305 e. The predicted molar refractivity (Wildman–Crippen MR) is 108 cm³/mol. The highest BCUT2D eigenvalue weighted by molar-refractivity contribution is 5.80. The molecule has 152 valence electrons. The molecule has 0 saturated carbocycles. The van der Waals surface area contributed by atoms with E-state index in [1.54, 1.807) is 0 Å². The fourth-order valence-electron chi connectivity index (χ4n) is 3.61. The van der Waals surface area contributed by atoms with Gasteiger partial charge in [-0.15, -0.1) is 0 Å². The summed E-state index contributed by atoms with van der Waals surface area (Å²) in [6.07, 6.45) is 11.7. The van der Waals surface area contributed by atoms with Crippen molar-refractivity contribution >= 4 is 11.9 Å². The van der Waals surface area contributed by atoms with E-state index in [2.05, 4.69) is 37.9 Å². The van der Waals surface area contributed by atoms with E-state index in [0.29, 0.717) is 25.0 Å². The molecule has 1 saturated heterocycles. The third kappa shape index (κ3) is 6.88. The number of hydrogen-bond acceptors (Lipinski definition) is 4. The quantitative estimate of drug-likeness (QED) is 0.310. The predicted octanol–water partition coefficient (Wildman–Crippen LogP) is 2.86. The molecule has 1 aliphatic rings. The third-order valence-electron chi connectivity index (χ3n) is 5.23. The molecule has 2 rings (SSSR count). The standard InChI is InChI=1S/C20H35N5O2/c1-4-27-19(26)9-7-5-6-8-11-23-20(21-3)24-13-10-17(2)18(15-24)25-14-12-22-16-25/h12,14,16-18H,4-11,13,15H2,1-3H3,(H,21,23). The largest absolute Gasteiger partial charge is 0.466 e. The summed E-state index contributed by atoms with van der Waals surface area (Å²) in [6, 6.07) is 0.433. The lowest BCUT2D eigenvalue weighted by molar-refractivity contribution is -0.143. The minimum Gasteiger partial charge on any atom is -0.466 e.